The number of hydrogen-bond acceptors (Lipinski definition) is 3. The van der Waals surface area contributed by atoms with Crippen LogP contribution in [-0.4, -0.2) is 47.8 Å². The Labute approximate surface area is 156 Å². The van der Waals surface area contributed by atoms with Gasteiger partial charge in [-0.2, -0.15) is 0 Å². The molecule has 0 spiro atoms. The number of nitrogens with zero attached hydrogens (tertiary/aromatic N) is 2. The molecule has 4 nitrogen and oxygen atoms in total. The lowest BCUT2D eigenvalue weighted by Gasteiger charge is -2.35. The number of piperazine rings is 1. The van der Waals surface area contributed by atoms with E-state index < -0.39 is 0 Å². The summed E-state index contributed by atoms with van der Waals surface area (Å²) < 4.78 is 0. The van der Waals surface area contributed by atoms with Crippen LogP contribution in [0.4, 0.5) is 0 Å². The van der Waals surface area contributed by atoms with Crippen LogP contribution in [0.1, 0.15) is 55.3 Å². The van der Waals surface area contributed by atoms with Crippen LogP contribution in [0.15, 0.2) is 29.2 Å². The first-order valence-corrected chi connectivity index (χ1v) is 9.95. The average Bonchev–Trinajstić information content (AvgIpc) is 2.67. The third-order valence-electron chi connectivity index (χ3n) is 5.55. The summed E-state index contributed by atoms with van der Waals surface area (Å²) in [6.07, 6.45) is 8.29. The lowest BCUT2D eigenvalue weighted by molar-refractivity contribution is -0.133. The molecule has 0 atom stereocenters. The number of carbonyl (C=O) groups excluding carboxylic acids is 2. The van der Waals surface area contributed by atoms with E-state index in [9.17, 15) is 9.59 Å². The van der Waals surface area contributed by atoms with Gasteiger partial charge in [0.2, 0.25) is 5.91 Å². The van der Waals surface area contributed by atoms with E-state index in [0.717, 1.165) is 12.3 Å². The molecular weight excluding hydrogens is 332 g/mol. The van der Waals surface area contributed by atoms with Gasteiger partial charge in [0.1, 0.15) is 0 Å². The molecule has 0 unspecified atom stereocenters. The lowest BCUT2D eigenvalue weighted by Crippen LogP contribution is -2.50. The molecule has 1 aromatic carbocycles. The van der Waals surface area contributed by atoms with E-state index in [4.69, 9.17) is 0 Å². The van der Waals surface area contributed by atoms with Crippen LogP contribution in [0.25, 0.3) is 0 Å². The Balaban J connectivity index is 1.45. The average molecular weight is 361 g/mol. The largest absolute Gasteiger partial charge is 0.339 e. The van der Waals surface area contributed by atoms with E-state index in [-0.39, 0.29) is 11.8 Å². The highest BCUT2D eigenvalue weighted by atomic mass is 32.1. The fourth-order valence-electron chi connectivity index (χ4n) is 3.95. The molecule has 1 aromatic rings. The van der Waals surface area contributed by atoms with Gasteiger partial charge in [-0.3, -0.25) is 9.59 Å². The number of rotatable bonds is 4. The molecule has 1 aliphatic carbocycles. The van der Waals surface area contributed by atoms with Gasteiger partial charge >= 0.3 is 0 Å². The van der Waals surface area contributed by atoms with Crippen LogP contribution in [0.5, 0.6) is 0 Å². The topological polar surface area (TPSA) is 40.6 Å². The molecule has 1 saturated carbocycles. The smallest absolute Gasteiger partial charge is 0.255 e. The molecule has 2 aliphatic rings. The van der Waals surface area contributed by atoms with Gasteiger partial charge in [-0.05, 0) is 24.5 Å². The van der Waals surface area contributed by atoms with E-state index in [2.05, 4.69) is 12.6 Å². The fraction of sp³-hybridized carbons (Fsp3) is 0.600. The third-order valence-corrected chi connectivity index (χ3v) is 5.94. The Bertz CT molecular complexity index is 605. The normalized spacial score (nSPS) is 19.1. The Hall–Kier alpha value is -1.49. The van der Waals surface area contributed by atoms with E-state index in [1.165, 1.54) is 32.1 Å². The minimum Gasteiger partial charge on any atom is -0.339 e. The second-order valence-corrected chi connectivity index (χ2v) is 7.71. The van der Waals surface area contributed by atoms with Crippen LogP contribution in [-0.2, 0) is 4.79 Å². The van der Waals surface area contributed by atoms with Crippen LogP contribution in [0, 0.1) is 5.92 Å². The van der Waals surface area contributed by atoms with E-state index in [1.54, 1.807) is 0 Å². The molecule has 0 bridgehead atoms. The number of amides is 2. The quantitative estimate of drug-likeness (QED) is 0.833. The first-order valence-electron chi connectivity index (χ1n) is 9.50. The van der Waals surface area contributed by atoms with Crippen molar-refractivity contribution < 1.29 is 9.59 Å². The van der Waals surface area contributed by atoms with Crippen molar-refractivity contribution in [3.8, 4) is 0 Å². The van der Waals surface area contributed by atoms with Gasteiger partial charge < -0.3 is 9.80 Å². The minimum absolute atomic E-state index is 0.0138. The van der Waals surface area contributed by atoms with Crippen molar-refractivity contribution in [3.05, 3.63) is 29.8 Å². The van der Waals surface area contributed by atoms with Crippen molar-refractivity contribution in [2.24, 2.45) is 5.92 Å². The Kier molecular flexibility index (Phi) is 6.40. The zero-order chi connectivity index (χ0) is 17.6. The second-order valence-electron chi connectivity index (χ2n) is 7.23. The maximum Gasteiger partial charge on any atom is 0.255 e. The molecule has 0 radical (unpaired) electrons. The molecule has 1 aliphatic heterocycles. The van der Waals surface area contributed by atoms with Crippen molar-refractivity contribution >= 4 is 24.4 Å². The maximum atomic E-state index is 12.6. The SMILES string of the molecule is O=C(CCC1CCCCC1)N1CCN(C(=O)c2ccccc2S)CC1. The van der Waals surface area contributed by atoms with Crippen LogP contribution < -0.4 is 0 Å². The summed E-state index contributed by atoms with van der Waals surface area (Å²) in [5.74, 6) is 1.01. The Morgan fingerprint density at radius 3 is 2.28 bits per heavy atom. The predicted molar refractivity (Wildman–Crippen MR) is 102 cm³/mol. The molecule has 1 heterocycles. The lowest BCUT2D eigenvalue weighted by atomic mass is 9.86. The highest BCUT2D eigenvalue weighted by molar-refractivity contribution is 7.80. The van der Waals surface area contributed by atoms with Gasteiger partial charge in [-0.1, -0.05) is 44.2 Å². The molecule has 2 fully saturated rings. The van der Waals surface area contributed by atoms with E-state index >= 15 is 0 Å². The highest BCUT2D eigenvalue weighted by Gasteiger charge is 2.26. The summed E-state index contributed by atoms with van der Waals surface area (Å²) >= 11 is 4.37. The number of carbonyl (C=O) groups is 2. The van der Waals surface area contributed by atoms with Crippen LogP contribution in [0.2, 0.25) is 0 Å². The first kappa shape index (κ1) is 18.3. The molecule has 0 N–H and O–H groups in total. The second kappa shape index (κ2) is 8.75. The summed E-state index contributed by atoms with van der Waals surface area (Å²) in [6, 6.07) is 7.38. The molecule has 3 rings (SSSR count). The summed E-state index contributed by atoms with van der Waals surface area (Å²) in [6.45, 7) is 2.50. The van der Waals surface area contributed by atoms with Gasteiger partial charge in [-0.15, -0.1) is 12.6 Å². The molecule has 1 saturated heterocycles. The Morgan fingerprint density at radius 2 is 1.60 bits per heavy atom. The van der Waals surface area contributed by atoms with Crippen LogP contribution >= 0.6 is 12.6 Å². The summed E-state index contributed by atoms with van der Waals surface area (Å²) in [5, 5.41) is 0. The van der Waals surface area contributed by atoms with Crippen LogP contribution in [0.3, 0.4) is 0 Å². The highest BCUT2D eigenvalue weighted by Crippen LogP contribution is 2.27. The van der Waals surface area contributed by atoms with E-state index in [0.29, 0.717) is 43.1 Å². The molecule has 5 heteroatoms. The van der Waals surface area contributed by atoms with Gasteiger partial charge in [0, 0.05) is 37.5 Å². The van der Waals surface area contributed by atoms with Crippen molar-refractivity contribution in [2.45, 2.75) is 49.8 Å². The zero-order valence-electron chi connectivity index (χ0n) is 14.8. The zero-order valence-corrected chi connectivity index (χ0v) is 15.7. The summed E-state index contributed by atoms with van der Waals surface area (Å²) in [4.78, 5) is 29.5. The minimum atomic E-state index is 0.0138. The molecule has 25 heavy (non-hydrogen) atoms. The molecular formula is C20H28N2O2S. The fourth-order valence-corrected chi connectivity index (χ4v) is 4.20. The standard InChI is InChI=1S/C20H28N2O2S/c23-19(11-10-16-6-2-1-3-7-16)21-12-14-22(15-13-21)20(24)17-8-4-5-9-18(17)25/h4-5,8-9,16,25H,1-3,6-7,10-15H2. The van der Waals surface area contributed by atoms with Crippen molar-refractivity contribution in [1.29, 1.82) is 0 Å². The first-order chi connectivity index (χ1) is 12.1. The predicted octanol–water partition coefficient (Wildman–Crippen LogP) is 3.62. The molecule has 0 aromatic heterocycles. The van der Waals surface area contributed by atoms with E-state index in [1.807, 2.05) is 34.1 Å². The maximum absolute atomic E-state index is 12.6. The van der Waals surface area contributed by atoms with Gasteiger partial charge in [0.25, 0.3) is 5.91 Å². The molecule has 136 valence electrons. The van der Waals surface area contributed by atoms with Gasteiger partial charge in [-0.25, -0.2) is 0 Å². The van der Waals surface area contributed by atoms with Crippen molar-refractivity contribution in [2.75, 3.05) is 26.2 Å². The monoisotopic (exact) mass is 360 g/mol. The van der Waals surface area contributed by atoms with Gasteiger partial charge in [0.05, 0.1) is 5.56 Å². The van der Waals surface area contributed by atoms with Crippen molar-refractivity contribution in [3.63, 3.8) is 0 Å². The number of thiol groups is 1. The number of hydrogen-bond donors (Lipinski definition) is 1. The van der Waals surface area contributed by atoms with Gasteiger partial charge in [0.15, 0.2) is 0 Å². The summed E-state index contributed by atoms with van der Waals surface area (Å²) in [5.41, 5.74) is 0.642. The molecule has 2 amide bonds. The number of benzene rings is 1. The summed E-state index contributed by atoms with van der Waals surface area (Å²) in [7, 11) is 0. The van der Waals surface area contributed by atoms with Crippen molar-refractivity contribution in [1.82, 2.24) is 9.80 Å². The Morgan fingerprint density at radius 1 is 0.960 bits per heavy atom. The third kappa shape index (κ3) is 4.78.